The molecule has 1 unspecified atom stereocenters. The van der Waals surface area contributed by atoms with Crippen molar-refractivity contribution >= 4 is 49.9 Å². The Morgan fingerprint density at radius 3 is 2.59 bits per heavy atom. The average molecular weight is 461 g/mol. The van der Waals surface area contributed by atoms with Crippen LogP contribution < -0.4 is 5.32 Å². The summed E-state index contributed by atoms with van der Waals surface area (Å²) in [4.78, 5) is 31.5. The molecule has 3 aliphatic rings. The standard InChI is InChI=1S/C18H25ClN4O4S2/c19-15-10-20-18(28-15)21-17(25)14(9-12-3-1-2-4-12)23-8-7-22(11-16(23)24)29(26,27)13-5-6-13/h10,12-14H,1-9,11H2,(H,20,21,25). The van der Waals surface area contributed by atoms with Crippen LogP contribution in [-0.4, -0.2) is 65.3 Å². The van der Waals surface area contributed by atoms with Gasteiger partial charge in [-0.15, -0.1) is 0 Å². The Morgan fingerprint density at radius 1 is 1.28 bits per heavy atom. The van der Waals surface area contributed by atoms with Gasteiger partial charge in [0.25, 0.3) is 0 Å². The molecule has 0 bridgehead atoms. The Morgan fingerprint density at radius 2 is 2.00 bits per heavy atom. The number of nitrogens with zero attached hydrogens (tertiary/aromatic N) is 3. The van der Waals surface area contributed by atoms with Crippen molar-refractivity contribution in [3.05, 3.63) is 10.5 Å². The molecule has 0 spiro atoms. The fraction of sp³-hybridized carbons (Fsp3) is 0.722. The molecule has 29 heavy (non-hydrogen) atoms. The fourth-order valence-corrected chi connectivity index (χ4v) is 6.82. The summed E-state index contributed by atoms with van der Waals surface area (Å²) in [5.74, 6) is -0.197. The van der Waals surface area contributed by atoms with Gasteiger partial charge in [-0.1, -0.05) is 48.6 Å². The van der Waals surface area contributed by atoms with Crippen molar-refractivity contribution in [2.75, 3.05) is 25.0 Å². The zero-order valence-corrected chi connectivity index (χ0v) is 18.4. The minimum absolute atomic E-state index is 0.184. The number of hydrogen-bond donors (Lipinski definition) is 1. The minimum Gasteiger partial charge on any atom is -0.328 e. The van der Waals surface area contributed by atoms with Gasteiger partial charge in [0.15, 0.2) is 5.13 Å². The molecule has 160 valence electrons. The summed E-state index contributed by atoms with van der Waals surface area (Å²) >= 11 is 7.07. The number of anilines is 1. The van der Waals surface area contributed by atoms with E-state index < -0.39 is 16.1 Å². The van der Waals surface area contributed by atoms with E-state index in [1.165, 1.54) is 21.8 Å². The lowest BCUT2D eigenvalue weighted by Gasteiger charge is -2.38. The van der Waals surface area contributed by atoms with Crippen LogP contribution in [0.1, 0.15) is 44.9 Å². The Kier molecular flexibility index (Phi) is 6.15. The number of carbonyl (C=O) groups excluding carboxylic acids is 2. The molecule has 1 atom stereocenters. The third kappa shape index (κ3) is 4.76. The molecule has 1 N–H and O–H groups in total. The highest BCUT2D eigenvalue weighted by atomic mass is 35.5. The van der Waals surface area contributed by atoms with Gasteiger partial charge in [0, 0.05) is 13.1 Å². The molecule has 2 saturated carbocycles. The van der Waals surface area contributed by atoms with E-state index in [4.69, 9.17) is 11.6 Å². The number of aromatic nitrogens is 1. The van der Waals surface area contributed by atoms with Crippen LogP contribution in [-0.2, 0) is 19.6 Å². The SMILES string of the molecule is O=C(Nc1ncc(Cl)s1)C(CC1CCCC1)N1CCN(S(=O)(=O)C2CC2)CC1=O. The van der Waals surface area contributed by atoms with E-state index in [-0.39, 0.29) is 36.7 Å². The summed E-state index contributed by atoms with van der Waals surface area (Å²) in [6.07, 6.45) is 7.78. The minimum atomic E-state index is -3.40. The summed E-state index contributed by atoms with van der Waals surface area (Å²) in [6, 6.07) is -0.626. The highest BCUT2D eigenvalue weighted by Crippen LogP contribution is 2.33. The summed E-state index contributed by atoms with van der Waals surface area (Å²) < 4.78 is 26.7. The van der Waals surface area contributed by atoms with E-state index >= 15 is 0 Å². The average Bonchev–Trinajstić information content (AvgIpc) is 3.29. The van der Waals surface area contributed by atoms with Crippen LogP contribution in [0, 0.1) is 5.92 Å². The van der Waals surface area contributed by atoms with Crippen molar-refractivity contribution < 1.29 is 18.0 Å². The van der Waals surface area contributed by atoms with Gasteiger partial charge >= 0.3 is 0 Å². The molecule has 4 rings (SSSR count). The number of sulfonamides is 1. The van der Waals surface area contributed by atoms with Crippen LogP contribution in [0.4, 0.5) is 5.13 Å². The van der Waals surface area contributed by atoms with Gasteiger partial charge < -0.3 is 10.2 Å². The van der Waals surface area contributed by atoms with Crippen LogP contribution in [0.5, 0.6) is 0 Å². The molecule has 2 amide bonds. The number of piperazine rings is 1. The molecular weight excluding hydrogens is 436 g/mol. The molecule has 1 aromatic heterocycles. The van der Waals surface area contributed by atoms with Crippen molar-refractivity contribution in [2.45, 2.75) is 56.2 Å². The first kappa shape index (κ1) is 21.0. The van der Waals surface area contributed by atoms with E-state index in [1.807, 2.05) is 0 Å². The Hall–Kier alpha value is -1.23. The van der Waals surface area contributed by atoms with E-state index in [2.05, 4.69) is 10.3 Å². The Labute approximate surface area is 179 Å². The third-order valence-corrected chi connectivity index (χ3v) is 9.32. The van der Waals surface area contributed by atoms with Gasteiger partial charge in [-0.25, -0.2) is 13.4 Å². The van der Waals surface area contributed by atoms with Gasteiger partial charge in [-0.2, -0.15) is 4.31 Å². The normalized spacial score (nSPS) is 22.8. The smallest absolute Gasteiger partial charge is 0.248 e. The molecular formula is C18H25ClN4O4S2. The number of halogens is 1. The predicted octanol–water partition coefficient (Wildman–Crippen LogP) is 2.32. The molecule has 2 heterocycles. The Bertz CT molecular complexity index is 880. The van der Waals surface area contributed by atoms with Crippen LogP contribution >= 0.6 is 22.9 Å². The van der Waals surface area contributed by atoms with Crippen LogP contribution in [0.3, 0.4) is 0 Å². The zero-order valence-electron chi connectivity index (χ0n) is 16.0. The van der Waals surface area contributed by atoms with Gasteiger partial charge in [0.1, 0.15) is 10.4 Å². The second-order valence-electron chi connectivity index (χ2n) is 8.03. The number of hydrogen-bond acceptors (Lipinski definition) is 6. The lowest BCUT2D eigenvalue weighted by atomic mass is 9.96. The van der Waals surface area contributed by atoms with Gasteiger partial charge in [-0.3, -0.25) is 9.59 Å². The quantitative estimate of drug-likeness (QED) is 0.673. The fourth-order valence-electron chi connectivity index (χ4n) is 4.23. The molecule has 0 aromatic carbocycles. The van der Waals surface area contributed by atoms with Crippen LogP contribution in [0.15, 0.2) is 6.20 Å². The largest absolute Gasteiger partial charge is 0.328 e. The molecule has 0 radical (unpaired) electrons. The van der Waals surface area contributed by atoms with Gasteiger partial charge in [-0.05, 0) is 25.2 Å². The molecule has 8 nitrogen and oxygen atoms in total. The van der Waals surface area contributed by atoms with Crippen molar-refractivity contribution in [2.24, 2.45) is 5.92 Å². The summed E-state index contributed by atoms with van der Waals surface area (Å²) in [5, 5.41) is 2.85. The maximum absolute atomic E-state index is 13.0. The molecule has 1 aromatic rings. The number of carbonyl (C=O) groups is 2. The summed E-state index contributed by atoms with van der Waals surface area (Å²) in [5.41, 5.74) is 0. The number of rotatable bonds is 7. The first-order valence-electron chi connectivity index (χ1n) is 10.0. The van der Waals surface area contributed by atoms with Crippen LogP contribution in [0.25, 0.3) is 0 Å². The second kappa shape index (κ2) is 8.49. The Balaban J connectivity index is 1.47. The zero-order chi connectivity index (χ0) is 20.6. The highest BCUT2D eigenvalue weighted by Gasteiger charge is 2.44. The van der Waals surface area contributed by atoms with E-state index in [1.54, 1.807) is 4.90 Å². The predicted molar refractivity (Wildman–Crippen MR) is 111 cm³/mol. The first-order valence-corrected chi connectivity index (χ1v) is 12.7. The van der Waals surface area contributed by atoms with Crippen molar-refractivity contribution in [3.63, 3.8) is 0 Å². The lowest BCUT2D eigenvalue weighted by Crippen LogP contribution is -2.58. The molecule has 2 aliphatic carbocycles. The molecule has 1 aliphatic heterocycles. The van der Waals surface area contributed by atoms with E-state index in [0.29, 0.717) is 34.6 Å². The van der Waals surface area contributed by atoms with E-state index in [9.17, 15) is 18.0 Å². The summed E-state index contributed by atoms with van der Waals surface area (Å²) in [6.45, 7) is 0.284. The summed E-state index contributed by atoms with van der Waals surface area (Å²) in [7, 11) is -3.40. The van der Waals surface area contributed by atoms with Crippen molar-refractivity contribution in [1.82, 2.24) is 14.2 Å². The van der Waals surface area contributed by atoms with Gasteiger partial charge in [0.2, 0.25) is 21.8 Å². The second-order valence-corrected chi connectivity index (χ2v) is 11.9. The van der Waals surface area contributed by atoms with E-state index in [0.717, 1.165) is 25.7 Å². The van der Waals surface area contributed by atoms with Gasteiger partial charge in [0.05, 0.1) is 18.0 Å². The number of thiazole rings is 1. The monoisotopic (exact) mass is 460 g/mol. The molecule has 11 heteroatoms. The van der Waals surface area contributed by atoms with Crippen LogP contribution in [0.2, 0.25) is 4.34 Å². The maximum Gasteiger partial charge on any atom is 0.248 e. The van der Waals surface area contributed by atoms with Crippen molar-refractivity contribution in [3.8, 4) is 0 Å². The number of amides is 2. The highest BCUT2D eigenvalue weighted by molar-refractivity contribution is 7.90. The topological polar surface area (TPSA) is 99.7 Å². The number of nitrogens with one attached hydrogen (secondary N) is 1. The first-order chi connectivity index (χ1) is 13.8. The molecule has 1 saturated heterocycles. The van der Waals surface area contributed by atoms with Crippen molar-refractivity contribution in [1.29, 1.82) is 0 Å². The lowest BCUT2D eigenvalue weighted by molar-refractivity contribution is -0.142. The molecule has 3 fully saturated rings. The maximum atomic E-state index is 13.0. The third-order valence-electron chi connectivity index (χ3n) is 5.95.